The number of hydrogen-bond acceptors (Lipinski definition) is 4. The molecule has 4 heteroatoms. The predicted molar refractivity (Wildman–Crippen MR) is 332 cm³/mol. The molecule has 2 atom stereocenters. The molecule has 0 spiro atoms. The molecule has 0 N–H and O–H groups in total. The SMILES string of the molecule is CCCCCC/C=C\CCCCCCCC(=O)O[C@@H]1CC(C)=C(/C=C/C(C)=C/C=C/C(C)=C/C=C/C=C(C)/C=C/C=C(C)/C=C/C2=C(C)C[C@@H](OC(=O)CCCCCCCCCCCCCCC)CC2(C)C)C(C)(C)C1. The lowest BCUT2D eigenvalue weighted by Crippen LogP contribution is -2.31. The Morgan fingerprint density at radius 1 is 0.434 bits per heavy atom. The maximum Gasteiger partial charge on any atom is 0.306 e. The van der Waals surface area contributed by atoms with Crippen LogP contribution in [0.4, 0.5) is 0 Å². The predicted octanol–water partition coefficient (Wildman–Crippen LogP) is 22.4. The van der Waals surface area contributed by atoms with Crippen molar-refractivity contribution in [3.63, 3.8) is 0 Å². The first-order valence-corrected chi connectivity index (χ1v) is 31.0. The second kappa shape index (κ2) is 40.9. The average Bonchev–Trinajstić information content (AvgIpc) is 3.34. The topological polar surface area (TPSA) is 52.6 Å². The highest BCUT2D eigenvalue weighted by Crippen LogP contribution is 2.43. The van der Waals surface area contributed by atoms with Crippen molar-refractivity contribution in [2.45, 2.75) is 288 Å². The summed E-state index contributed by atoms with van der Waals surface area (Å²) in [4.78, 5) is 25.6. The lowest BCUT2D eigenvalue weighted by Gasteiger charge is -2.37. The van der Waals surface area contributed by atoms with Crippen molar-refractivity contribution in [3.05, 3.63) is 142 Å². The molecule has 2 aliphatic carbocycles. The van der Waals surface area contributed by atoms with E-state index < -0.39 is 0 Å². The molecule has 0 amide bonds. The van der Waals surface area contributed by atoms with Gasteiger partial charge in [0, 0.05) is 25.7 Å². The molecule has 0 heterocycles. The summed E-state index contributed by atoms with van der Waals surface area (Å²) in [6.07, 6.45) is 69.7. The summed E-state index contributed by atoms with van der Waals surface area (Å²) in [7, 11) is 0. The number of unbranched alkanes of at least 4 members (excludes halogenated alkanes) is 21. The Balaban J connectivity index is 1.74. The number of ether oxygens (including phenoxy) is 2. The smallest absolute Gasteiger partial charge is 0.306 e. The average molecular weight is 1040 g/mol. The number of carbonyl (C=O) groups excluding carboxylic acids is 2. The Morgan fingerprint density at radius 3 is 1.09 bits per heavy atom. The van der Waals surface area contributed by atoms with Crippen LogP contribution in [0.1, 0.15) is 276 Å². The van der Waals surface area contributed by atoms with E-state index in [9.17, 15) is 9.59 Å². The van der Waals surface area contributed by atoms with Gasteiger partial charge in [0.15, 0.2) is 0 Å². The van der Waals surface area contributed by atoms with Gasteiger partial charge in [0.2, 0.25) is 0 Å². The van der Waals surface area contributed by atoms with E-state index in [1.807, 2.05) is 0 Å². The van der Waals surface area contributed by atoms with Gasteiger partial charge in [0.25, 0.3) is 0 Å². The fourth-order valence-corrected chi connectivity index (χ4v) is 11.0. The standard InChI is InChI=1S/C72H114O4/c1-13-15-17-19-21-23-25-27-29-31-33-35-37-49-69(73)75-65-55-63(7)67(71(9,10)57-65)53-51-61(5)47-41-45-59(3)43-39-40-44-60(4)46-42-48-62(6)52-54-68-64(8)56-66(58-72(68,11)12)76-70(74)50-38-36-34-32-30-28-26-24-22-20-18-16-14-2/h23,25,39-48,51-54,65-66H,13-22,24,26-38,49-50,55-58H2,1-12H3/b25-23-,40-39+,45-41+,46-42+,53-51+,54-52+,59-43+,60-44+,61-47+,62-48+/t65-,66-/m1/s1. The van der Waals surface area contributed by atoms with Crippen LogP contribution in [0.3, 0.4) is 0 Å². The van der Waals surface area contributed by atoms with Gasteiger partial charge in [0.1, 0.15) is 12.2 Å². The summed E-state index contributed by atoms with van der Waals surface area (Å²) in [6.45, 7) is 26.6. The van der Waals surface area contributed by atoms with Crippen LogP contribution in [0.5, 0.6) is 0 Å². The molecule has 0 aromatic heterocycles. The molecule has 0 saturated heterocycles. The van der Waals surface area contributed by atoms with Crippen LogP contribution in [0.25, 0.3) is 0 Å². The summed E-state index contributed by atoms with van der Waals surface area (Å²) < 4.78 is 12.1. The molecule has 0 aliphatic heterocycles. The summed E-state index contributed by atoms with van der Waals surface area (Å²) in [5.74, 6) is -0.0623. The van der Waals surface area contributed by atoms with E-state index in [4.69, 9.17) is 9.47 Å². The molecule has 76 heavy (non-hydrogen) atoms. The van der Waals surface area contributed by atoms with E-state index >= 15 is 0 Å². The van der Waals surface area contributed by atoms with Crippen molar-refractivity contribution in [1.82, 2.24) is 0 Å². The summed E-state index contributed by atoms with van der Waals surface area (Å²) in [5.41, 5.74) is 9.95. The van der Waals surface area contributed by atoms with E-state index in [2.05, 4.69) is 180 Å². The largest absolute Gasteiger partial charge is 0.462 e. The van der Waals surface area contributed by atoms with Crippen LogP contribution < -0.4 is 0 Å². The normalized spacial score (nSPS) is 19.1. The molecule has 0 unspecified atom stereocenters. The number of rotatable bonds is 39. The molecule has 0 aromatic carbocycles. The zero-order valence-electron chi connectivity index (χ0n) is 51.2. The van der Waals surface area contributed by atoms with E-state index in [-0.39, 0.29) is 35.0 Å². The molecule has 0 aromatic rings. The van der Waals surface area contributed by atoms with Gasteiger partial charge in [-0.2, -0.15) is 0 Å². The van der Waals surface area contributed by atoms with Gasteiger partial charge in [-0.25, -0.2) is 0 Å². The third-order valence-electron chi connectivity index (χ3n) is 15.4. The van der Waals surface area contributed by atoms with Crippen molar-refractivity contribution < 1.29 is 19.1 Å². The molecular weight excluding hydrogens is 929 g/mol. The highest BCUT2D eigenvalue weighted by atomic mass is 16.5. The molecule has 2 rings (SSSR count). The molecule has 0 radical (unpaired) electrons. The van der Waals surface area contributed by atoms with Gasteiger partial charge in [-0.3, -0.25) is 9.59 Å². The fourth-order valence-electron chi connectivity index (χ4n) is 11.0. The van der Waals surface area contributed by atoms with Gasteiger partial charge in [-0.15, -0.1) is 0 Å². The Bertz CT molecular complexity index is 2040. The number of carbonyl (C=O) groups is 2. The van der Waals surface area contributed by atoms with Crippen LogP contribution >= 0.6 is 0 Å². The minimum atomic E-state index is -0.0628. The Hall–Kier alpha value is -4.18. The van der Waals surface area contributed by atoms with Gasteiger partial charge in [-0.1, -0.05) is 288 Å². The van der Waals surface area contributed by atoms with Crippen LogP contribution in [-0.2, 0) is 19.1 Å². The maximum atomic E-state index is 12.8. The highest BCUT2D eigenvalue weighted by molar-refractivity contribution is 5.70. The van der Waals surface area contributed by atoms with E-state index in [1.54, 1.807) is 0 Å². The minimum Gasteiger partial charge on any atom is -0.462 e. The summed E-state index contributed by atoms with van der Waals surface area (Å²) in [6, 6.07) is 0. The molecule has 0 fully saturated rings. The zero-order chi connectivity index (χ0) is 55.9. The molecular formula is C72H114O4. The number of esters is 2. The first-order chi connectivity index (χ1) is 36.5. The van der Waals surface area contributed by atoms with Crippen molar-refractivity contribution in [2.75, 3.05) is 0 Å². The van der Waals surface area contributed by atoms with Crippen molar-refractivity contribution in [1.29, 1.82) is 0 Å². The van der Waals surface area contributed by atoms with Crippen molar-refractivity contribution >= 4 is 11.9 Å². The molecule has 426 valence electrons. The Labute approximate surface area is 469 Å². The second-order valence-electron chi connectivity index (χ2n) is 24.2. The third-order valence-corrected chi connectivity index (χ3v) is 15.4. The highest BCUT2D eigenvalue weighted by Gasteiger charge is 2.35. The summed E-state index contributed by atoms with van der Waals surface area (Å²) >= 11 is 0. The van der Waals surface area contributed by atoms with Crippen LogP contribution in [-0.4, -0.2) is 24.1 Å². The van der Waals surface area contributed by atoms with Crippen LogP contribution in [0.15, 0.2) is 142 Å². The zero-order valence-corrected chi connectivity index (χ0v) is 51.2. The quantitative estimate of drug-likeness (QED) is 0.0266. The van der Waals surface area contributed by atoms with E-state index in [0.717, 1.165) is 51.4 Å². The first-order valence-electron chi connectivity index (χ1n) is 31.0. The van der Waals surface area contributed by atoms with Crippen molar-refractivity contribution in [2.24, 2.45) is 10.8 Å². The van der Waals surface area contributed by atoms with E-state index in [1.165, 1.54) is 173 Å². The Morgan fingerprint density at radius 2 is 0.737 bits per heavy atom. The molecule has 2 aliphatic rings. The third kappa shape index (κ3) is 32.5. The van der Waals surface area contributed by atoms with E-state index in [0.29, 0.717) is 12.8 Å². The monoisotopic (exact) mass is 1040 g/mol. The molecule has 0 bridgehead atoms. The van der Waals surface area contributed by atoms with Crippen LogP contribution in [0.2, 0.25) is 0 Å². The lowest BCUT2D eigenvalue weighted by atomic mass is 9.71. The first kappa shape index (κ1) is 67.9. The van der Waals surface area contributed by atoms with Crippen molar-refractivity contribution in [3.8, 4) is 0 Å². The Kier molecular flexibility index (Phi) is 36.6. The second-order valence-corrected chi connectivity index (χ2v) is 24.2. The van der Waals surface area contributed by atoms with Crippen LogP contribution in [0, 0.1) is 10.8 Å². The van der Waals surface area contributed by atoms with Gasteiger partial charge < -0.3 is 9.47 Å². The maximum absolute atomic E-state index is 12.8. The molecule has 4 nitrogen and oxygen atoms in total. The van der Waals surface area contributed by atoms with Gasteiger partial charge >= 0.3 is 11.9 Å². The van der Waals surface area contributed by atoms with Gasteiger partial charge in [0.05, 0.1) is 0 Å². The number of hydrogen-bond donors (Lipinski definition) is 0. The lowest BCUT2D eigenvalue weighted by molar-refractivity contribution is -0.151. The number of allylic oxidation sites excluding steroid dienone is 22. The minimum absolute atomic E-state index is 0.0259. The summed E-state index contributed by atoms with van der Waals surface area (Å²) in [5, 5.41) is 0. The fraction of sp³-hybridized carbons (Fsp3) is 0.639. The van der Waals surface area contributed by atoms with Gasteiger partial charge in [-0.05, 0) is 115 Å². The molecule has 0 saturated carbocycles.